The predicted molar refractivity (Wildman–Crippen MR) is 70.4 cm³/mol. The first-order chi connectivity index (χ1) is 8.65. The number of carbonyl (C=O) groups is 1. The SMILES string of the molecule is O=C(c1cc2c(Br)cccc2o1)N1CCC(O)C1. The minimum absolute atomic E-state index is 0.158. The Labute approximate surface area is 112 Å². The Morgan fingerprint density at radius 1 is 1.50 bits per heavy atom. The number of β-amino-alcohol motifs (C(OH)–C–C–N with tert-alkyl or cyclic N) is 1. The molecule has 0 bridgehead atoms. The molecule has 18 heavy (non-hydrogen) atoms. The number of aliphatic hydroxyl groups is 1. The van der Waals surface area contributed by atoms with E-state index in [1.807, 2.05) is 18.2 Å². The summed E-state index contributed by atoms with van der Waals surface area (Å²) in [4.78, 5) is 13.8. The molecule has 1 amide bonds. The smallest absolute Gasteiger partial charge is 0.289 e. The van der Waals surface area contributed by atoms with Crippen LogP contribution in [0.15, 0.2) is 33.2 Å². The number of hydrogen-bond acceptors (Lipinski definition) is 3. The molecule has 2 aromatic rings. The molecule has 1 unspecified atom stereocenters. The van der Waals surface area contributed by atoms with Crippen LogP contribution in [0.1, 0.15) is 17.0 Å². The second kappa shape index (κ2) is 4.40. The summed E-state index contributed by atoms with van der Waals surface area (Å²) in [7, 11) is 0. The van der Waals surface area contributed by atoms with Gasteiger partial charge in [-0.25, -0.2) is 0 Å². The zero-order valence-corrected chi connectivity index (χ0v) is 11.2. The number of rotatable bonds is 1. The van der Waals surface area contributed by atoms with Gasteiger partial charge in [0, 0.05) is 22.9 Å². The third-order valence-corrected chi connectivity index (χ3v) is 3.86. The standard InChI is InChI=1S/C13H12BrNO3/c14-10-2-1-3-11-9(10)6-12(18-11)13(17)15-5-4-8(16)7-15/h1-3,6,8,16H,4-5,7H2. The molecule has 1 atom stereocenters. The van der Waals surface area contributed by atoms with Gasteiger partial charge in [-0.1, -0.05) is 22.0 Å². The number of fused-ring (bicyclic) bond motifs is 1. The Balaban J connectivity index is 1.95. The summed E-state index contributed by atoms with van der Waals surface area (Å²) in [5, 5.41) is 10.3. The van der Waals surface area contributed by atoms with Gasteiger partial charge in [0.25, 0.3) is 5.91 Å². The summed E-state index contributed by atoms with van der Waals surface area (Å²) < 4.78 is 6.46. The summed E-state index contributed by atoms with van der Waals surface area (Å²) in [6, 6.07) is 7.34. The number of carbonyl (C=O) groups excluding carboxylic acids is 1. The Morgan fingerprint density at radius 3 is 3.00 bits per heavy atom. The van der Waals surface area contributed by atoms with Gasteiger partial charge in [-0.15, -0.1) is 0 Å². The van der Waals surface area contributed by atoms with Crippen molar-refractivity contribution < 1.29 is 14.3 Å². The molecule has 0 spiro atoms. The minimum atomic E-state index is -0.412. The van der Waals surface area contributed by atoms with Gasteiger partial charge >= 0.3 is 0 Å². The highest BCUT2D eigenvalue weighted by atomic mass is 79.9. The highest BCUT2D eigenvalue weighted by Crippen LogP contribution is 2.28. The van der Waals surface area contributed by atoms with E-state index in [2.05, 4.69) is 15.9 Å². The van der Waals surface area contributed by atoms with Gasteiger partial charge in [0.2, 0.25) is 0 Å². The molecule has 1 aliphatic rings. The Bertz CT molecular complexity index is 607. The molecule has 3 rings (SSSR count). The average Bonchev–Trinajstić information content (AvgIpc) is 2.95. The lowest BCUT2D eigenvalue weighted by Crippen LogP contribution is -2.29. The summed E-state index contributed by atoms with van der Waals surface area (Å²) in [5.74, 6) is 0.167. The van der Waals surface area contributed by atoms with Crippen molar-refractivity contribution in [2.24, 2.45) is 0 Å². The number of halogens is 1. The van der Waals surface area contributed by atoms with Crippen LogP contribution in [0.3, 0.4) is 0 Å². The van der Waals surface area contributed by atoms with Crippen LogP contribution < -0.4 is 0 Å². The van der Waals surface area contributed by atoms with Crippen molar-refractivity contribution in [2.45, 2.75) is 12.5 Å². The molecule has 0 aliphatic carbocycles. The lowest BCUT2D eigenvalue weighted by molar-refractivity contribution is 0.0736. The molecule has 2 heterocycles. The van der Waals surface area contributed by atoms with Gasteiger partial charge < -0.3 is 14.4 Å². The fourth-order valence-corrected chi connectivity index (χ4v) is 2.68. The number of nitrogens with zero attached hydrogens (tertiary/aromatic N) is 1. The zero-order valence-electron chi connectivity index (χ0n) is 9.60. The maximum Gasteiger partial charge on any atom is 0.289 e. The molecular formula is C13H12BrNO3. The molecule has 1 aromatic carbocycles. The number of amides is 1. The summed E-state index contributed by atoms with van der Waals surface area (Å²) >= 11 is 3.43. The maximum atomic E-state index is 12.2. The van der Waals surface area contributed by atoms with Gasteiger partial charge in [0.1, 0.15) is 5.58 Å². The Kier molecular flexibility index (Phi) is 2.87. The zero-order chi connectivity index (χ0) is 12.7. The first-order valence-corrected chi connectivity index (χ1v) is 6.60. The van der Waals surface area contributed by atoms with Crippen LogP contribution in [0.25, 0.3) is 11.0 Å². The topological polar surface area (TPSA) is 53.7 Å². The van der Waals surface area contributed by atoms with Crippen molar-refractivity contribution in [3.05, 3.63) is 34.5 Å². The first kappa shape index (κ1) is 11.7. The van der Waals surface area contributed by atoms with Crippen molar-refractivity contribution in [2.75, 3.05) is 13.1 Å². The van der Waals surface area contributed by atoms with E-state index < -0.39 is 6.10 Å². The van der Waals surface area contributed by atoms with Gasteiger partial charge in [0.05, 0.1) is 6.10 Å². The molecule has 0 saturated carbocycles. The minimum Gasteiger partial charge on any atom is -0.451 e. The number of benzene rings is 1. The van der Waals surface area contributed by atoms with Crippen LogP contribution in [0.4, 0.5) is 0 Å². The molecule has 94 valence electrons. The Hall–Kier alpha value is -1.33. The van der Waals surface area contributed by atoms with Gasteiger partial charge in [-0.2, -0.15) is 0 Å². The molecule has 1 aromatic heterocycles. The highest BCUT2D eigenvalue weighted by molar-refractivity contribution is 9.10. The molecule has 1 N–H and O–H groups in total. The fraction of sp³-hybridized carbons (Fsp3) is 0.308. The van der Waals surface area contributed by atoms with Crippen molar-refractivity contribution in [1.82, 2.24) is 4.90 Å². The lowest BCUT2D eigenvalue weighted by atomic mass is 10.2. The molecular weight excluding hydrogens is 298 g/mol. The summed E-state index contributed by atoms with van der Waals surface area (Å²) in [6.45, 7) is 0.968. The van der Waals surface area contributed by atoms with E-state index in [0.29, 0.717) is 30.9 Å². The van der Waals surface area contributed by atoms with Crippen LogP contribution in [-0.2, 0) is 0 Å². The molecule has 4 nitrogen and oxygen atoms in total. The van der Waals surface area contributed by atoms with E-state index in [-0.39, 0.29) is 5.91 Å². The van der Waals surface area contributed by atoms with Crippen LogP contribution in [-0.4, -0.2) is 35.1 Å². The van der Waals surface area contributed by atoms with E-state index >= 15 is 0 Å². The maximum absolute atomic E-state index is 12.2. The molecule has 0 radical (unpaired) electrons. The quantitative estimate of drug-likeness (QED) is 0.880. The normalized spacial score (nSPS) is 19.7. The van der Waals surface area contributed by atoms with Crippen molar-refractivity contribution in [1.29, 1.82) is 0 Å². The summed E-state index contributed by atoms with van der Waals surface area (Å²) in [5.41, 5.74) is 0.687. The fourth-order valence-electron chi connectivity index (χ4n) is 2.21. The lowest BCUT2D eigenvalue weighted by Gasteiger charge is -2.12. The van der Waals surface area contributed by atoms with Crippen LogP contribution in [0, 0.1) is 0 Å². The molecule has 1 saturated heterocycles. The second-order valence-electron chi connectivity index (χ2n) is 4.46. The molecule has 5 heteroatoms. The third-order valence-electron chi connectivity index (χ3n) is 3.17. The van der Waals surface area contributed by atoms with Gasteiger partial charge in [0.15, 0.2) is 5.76 Å². The third kappa shape index (κ3) is 1.93. The molecule has 1 fully saturated rings. The number of aliphatic hydroxyl groups excluding tert-OH is 1. The van der Waals surface area contributed by atoms with Crippen LogP contribution >= 0.6 is 15.9 Å². The predicted octanol–water partition coefficient (Wildman–Crippen LogP) is 2.40. The first-order valence-electron chi connectivity index (χ1n) is 5.80. The van der Waals surface area contributed by atoms with Crippen molar-refractivity contribution >= 4 is 32.8 Å². The molecule has 1 aliphatic heterocycles. The van der Waals surface area contributed by atoms with E-state index in [0.717, 1.165) is 9.86 Å². The van der Waals surface area contributed by atoms with Crippen LogP contribution in [0.5, 0.6) is 0 Å². The van der Waals surface area contributed by atoms with Crippen molar-refractivity contribution in [3.8, 4) is 0 Å². The number of hydrogen-bond donors (Lipinski definition) is 1. The monoisotopic (exact) mass is 309 g/mol. The number of likely N-dealkylation sites (tertiary alicyclic amines) is 1. The van der Waals surface area contributed by atoms with E-state index in [1.165, 1.54) is 0 Å². The largest absolute Gasteiger partial charge is 0.451 e. The number of furan rings is 1. The van der Waals surface area contributed by atoms with Gasteiger partial charge in [-0.05, 0) is 24.6 Å². The highest BCUT2D eigenvalue weighted by Gasteiger charge is 2.27. The van der Waals surface area contributed by atoms with E-state index in [1.54, 1.807) is 11.0 Å². The average molecular weight is 310 g/mol. The van der Waals surface area contributed by atoms with Crippen molar-refractivity contribution in [3.63, 3.8) is 0 Å². The van der Waals surface area contributed by atoms with Gasteiger partial charge in [-0.3, -0.25) is 4.79 Å². The summed E-state index contributed by atoms with van der Waals surface area (Å²) in [6.07, 6.45) is 0.223. The van der Waals surface area contributed by atoms with Crippen LogP contribution in [0.2, 0.25) is 0 Å². The second-order valence-corrected chi connectivity index (χ2v) is 5.31. The van der Waals surface area contributed by atoms with E-state index in [4.69, 9.17) is 4.42 Å². The van der Waals surface area contributed by atoms with E-state index in [9.17, 15) is 9.90 Å². The Morgan fingerprint density at radius 2 is 2.33 bits per heavy atom.